The second-order valence-electron chi connectivity index (χ2n) is 8.08. The number of guanidine groups is 1. The number of nitrogens with zero attached hydrogens (tertiary/aromatic N) is 5. The van der Waals surface area contributed by atoms with Gasteiger partial charge in [0.2, 0.25) is 5.91 Å². The van der Waals surface area contributed by atoms with E-state index in [-0.39, 0.29) is 5.92 Å². The Morgan fingerprint density at radius 3 is 2.61 bits per heavy atom. The Hall–Kier alpha value is -2.42. The highest BCUT2D eigenvalue weighted by Gasteiger charge is 2.26. The molecule has 2 aromatic rings. The van der Waals surface area contributed by atoms with Crippen molar-refractivity contribution in [2.45, 2.75) is 65.6 Å². The fourth-order valence-corrected chi connectivity index (χ4v) is 4.45. The summed E-state index contributed by atoms with van der Waals surface area (Å²) in [6.45, 7) is 8.92. The first-order valence-electron chi connectivity index (χ1n) is 11.2. The molecule has 0 radical (unpaired) electrons. The zero-order chi connectivity index (χ0) is 22.2. The highest BCUT2D eigenvalue weighted by Crippen LogP contribution is 2.17. The van der Waals surface area contributed by atoms with E-state index in [0.717, 1.165) is 62.9 Å². The van der Waals surface area contributed by atoms with Gasteiger partial charge in [0.05, 0.1) is 6.54 Å². The van der Waals surface area contributed by atoms with Gasteiger partial charge in [-0.15, -0.1) is 21.5 Å². The molecule has 2 aromatic heterocycles. The van der Waals surface area contributed by atoms with Crippen molar-refractivity contribution in [1.29, 1.82) is 0 Å². The summed E-state index contributed by atoms with van der Waals surface area (Å²) in [6.07, 6.45) is 3.68. The SMILES string of the molecule is CCC(CC)C(=O)N1CCC(NC(=NCc2nnc(C)n2C)NCc2cccs2)CC1. The first-order chi connectivity index (χ1) is 15.0. The number of hydrogen-bond donors (Lipinski definition) is 2. The zero-order valence-corrected chi connectivity index (χ0v) is 19.9. The van der Waals surface area contributed by atoms with Crippen LogP contribution in [-0.4, -0.2) is 50.7 Å². The zero-order valence-electron chi connectivity index (χ0n) is 19.1. The largest absolute Gasteiger partial charge is 0.354 e. The van der Waals surface area contributed by atoms with Gasteiger partial charge in [0, 0.05) is 37.0 Å². The lowest BCUT2D eigenvalue weighted by Gasteiger charge is -2.35. The normalized spacial score (nSPS) is 15.5. The van der Waals surface area contributed by atoms with Crippen molar-refractivity contribution in [2.75, 3.05) is 13.1 Å². The van der Waals surface area contributed by atoms with Crippen LogP contribution in [0.1, 0.15) is 56.1 Å². The van der Waals surface area contributed by atoms with Crippen LogP contribution in [-0.2, 0) is 24.9 Å². The van der Waals surface area contributed by atoms with Gasteiger partial charge in [-0.3, -0.25) is 4.79 Å². The molecule has 1 aliphatic rings. The van der Waals surface area contributed by atoms with Crippen molar-refractivity contribution in [2.24, 2.45) is 18.0 Å². The maximum atomic E-state index is 12.7. The number of aromatic nitrogens is 3. The molecule has 1 aliphatic heterocycles. The first-order valence-corrected chi connectivity index (χ1v) is 12.1. The van der Waals surface area contributed by atoms with E-state index in [9.17, 15) is 4.79 Å². The first kappa shape index (κ1) is 23.2. The standard InChI is InChI=1S/C22H35N7OS/c1-5-17(6-2)21(30)29-11-9-18(10-12-29)25-22(23-14-19-8-7-13-31-19)24-15-20-27-26-16(3)28(20)4/h7-8,13,17-18H,5-6,9-12,14-15H2,1-4H3,(H2,23,24,25). The molecule has 0 spiro atoms. The molecular weight excluding hydrogens is 410 g/mol. The average Bonchev–Trinajstić information content (AvgIpc) is 3.42. The number of likely N-dealkylation sites (tertiary alicyclic amines) is 1. The molecule has 3 rings (SSSR count). The monoisotopic (exact) mass is 445 g/mol. The summed E-state index contributed by atoms with van der Waals surface area (Å²) in [5.74, 6) is 2.95. The molecule has 1 amide bonds. The van der Waals surface area contributed by atoms with Crippen LogP contribution in [0.3, 0.4) is 0 Å². The Morgan fingerprint density at radius 1 is 1.29 bits per heavy atom. The number of piperidine rings is 1. The maximum Gasteiger partial charge on any atom is 0.225 e. The number of amides is 1. The Kier molecular flexibility index (Phi) is 8.45. The van der Waals surface area contributed by atoms with Gasteiger partial charge in [0.25, 0.3) is 0 Å². The van der Waals surface area contributed by atoms with E-state index in [1.54, 1.807) is 11.3 Å². The van der Waals surface area contributed by atoms with Gasteiger partial charge in [-0.05, 0) is 44.1 Å². The molecule has 9 heteroatoms. The van der Waals surface area contributed by atoms with Crippen LogP contribution in [0.5, 0.6) is 0 Å². The maximum absolute atomic E-state index is 12.7. The predicted octanol–water partition coefficient (Wildman–Crippen LogP) is 2.85. The van der Waals surface area contributed by atoms with Crippen molar-refractivity contribution < 1.29 is 4.79 Å². The summed E-state index contributed by atoms with van der Waals surface area (Å²) in [4.78, 5) is 20.7. The van der Waals surface area contributed by atoms with Crippen molar-refractivity contribution in [1.82, 2.24) is 30.3 Å². The molecule has 0 aliphatic carbocycles. The third-order valence-corrected chi connectivity index (χ3v) is 6.93. The van der Waals surface area contributed by atoms with E-state index in [0.29, 0.717) is 18.5 Å². The molecule has 3 heterocycles. The van der Waals surface area contributed by atoms with Crippen molar-refractivity contribution >= 4 is 23.2 Å². The molecule has 0 bridgehead atoms. The fourth-order valence-electron chi connectivity index (χ4n) is 3.81. The Morgan fingerprint density at radius 2 is 2.03 bits per heavy atom. The van der Waals surface area contributed by atoms with E-state index in [2.05, 4.69) is 52.2 Å². The summed E-state index contributed by atoms with van der Waals surface area (Å²) in [6, 6.07) is 4.46. The Labute approximate surface area is 189 Å². The second kappa shape index (κ2) is 11.3. The molecule has 31 heavy (non-hydrogen) atoms. The number of aliphatic imine (C=N–C) groups is 1. The molecule has 0 atom stereocenters. The molecule has 2 N–H and O–H groups in total. The summed E-state index contributed by atoms with van der Waals surface area (Å²) < 4.78 is 1.96. The lowest BCUT2D eigenvalue weighted by Crippen LogP contribution is -2.50. The number of hydrogen-bond acceptors (Lipinski definition) is 5. The molecule has 0 saturated carbocycles. The van der Waals surface area contributed by atoms with Gasteiger partial charge < -0.3 is 20.1 Å². The van der Waals surface area contributed by atoms with Gasteiger partial charge in [0.15, 0.2) is 11.8 Å². The van der Waals surface area contributed by atoms with Crippen molar-refractivity contribution in [3.63, 3.8) is 0 Å². The number of thiophene rings is 1. The third-order valence-electron chi connectivity index (χ3n) is 6.05. The van der Waals surface area contributed by atoms with E-state index >= 15 is 0 Å². The lowest BCUT2D eigenvalue weighted by molar-refractivity contribution is -0.136. The van der Waals surface area contributed by atoms with Gasteiger partial charge in [0.1, 0.15) is 12.4 Å². The summed E-state index contributed by atoms with van der Waals surface area (Å²) in [7, 11) is 1.96. The summed E-state index contributed by atoms with van der Waals surface area (Å²) >= 11 is 1.73. The van der Waals surface area contributed by atoms with Gasteiger partial charge in [-0.2, -0.15) is 0 Å². The highest BCUT2D eigenvalue weighted by atomic mass is 32.1. The second-order valence-corrected chi connectivity index (χ2v) is 9.11. The fraction of sp³-hybridized carbons (Fsp3) is 0.636. The van der Waals surface area contributed by atoms with E-state index in [1.165, 1.54) is 4.88 Å². The topological polar surface area (TPSA) is 87.4 Å². The Bertz CT molecular complexity index is 849. The van der Waals surface area contributed by atoms with Crippen molar-refractivity contribution in [3.05, 3.63) is 34.0 Å². The molecule has 0 unspecified atom stereocenters. The van der Waals surface area contributed by atoms with Gasteiger partial charge in [-0.25, -0.2) is 4.99 Å². The number of nitrogens with one attached hydrogen (secondary N) is 2. The quantitative estimate of drug-likeness (QED) is 0.482. The summed E-state index contributed by atoms with van der Waals surface area (Å²) in [5.41, 5.74) is 0. The molecule has 1 fully saturated rings. The third kappa shape index (κ3) is 6.29. The molecule has 170 valence electrons. The molecule has 8 nitrogen and oxygen atoms in total. The minimum absolute atomic E-state index is 0.156. The molecular formula is C22H35N7OS. The van der Waals surface area contributed by atoms with Crippen LogP contribution in [0.4, 0.5) is 0 Å². The van der Waals surface area contributed by atoms with E-state index < -0.39 is 0 Å². The smallest absolute Gasteiger partial charge is 0.225 e. The number of carbonyl (C=O) groups excluding carboxylic acids is 1. The van der Waals surface area contributed by atoms with Crippen LogP contribution >= 0.6 is 11.3 Å². The van der Waals surface area contributed by atoms with Gasteiger partial charge in [-0.1, -0.05) is 19.9 Å². The number of rotatable bonds is 8. The van der Waals surface area contributed by atoms with E-state index in [1.807, 2.05) is 23.4 Å². The Balaban J connectivity index is 1.59. The van der Waals surface area contributed by atoms with Crippen LogP contribution in [0.15, 0.2) is 22.5 Å². The van der Waals surface area contributed by atoms with Crippen LogP contribution < -0.4 is 10.6 Å². The minimum atomic E-state index is 0.156. The van der Waals surface area contributed by atoms with Gasteiger partial charge >= 0.3 is 0 Å². The predicted molar refractivity (Wildman–Crippen MR) is 125 cm³/mol. The van der Waals surface area contributed by atoms with Crippen LogP contribution in [0, 0.1) is 12.8 Å². The van der Waals surface area contributed by atoms with Crippen LogP contribution in [0.2, 0.25) is 0 Å². The average molecular weight is 446 g/mol. The minimum Gasteiger partial charge on any atom is -0.354 e. The van der Waals surface area contributed by atoms with Crippen molar-refractivity contribution in [3.8, 4) is 0 Å². The number of aryl methyl sites for hydroxylation is 1. The molecule has 1 saturated heterocycles. The van der Waals surface area contributed by atoms with Crippen LogP contribution in [0.25, 0.3) is 0 Å². The lowest BCUT2D eigenvalue weighted by atomic mass is 9.98. The highest BCUT2D eigenvalue weighted by molar-refractivity contribution is 7.09. The molecule has 0 aromatic carbocycles. The van der Waals surface area contributed by atoms with E-state index in [4.69, 9.17) is 4.99 Å². The summed E-state index contributed by atoms with van der Waals surface area (Å²) in [5, 5.41) is 17.4. The number of carbonyl (C=O) groups is 1.